The minimum atomic E-state index is 0.408. The van der Waals surface area contributed by atoms with E-state index in [1.807, 2.05) is 6.07 Å². The minimum Gasteiger partial charge on any atom is -0.359 e. The van der Waals surface area contributed by atoms with Crippen molar-refractivity contribution >= 4 is 5.96 Å². The number of aromatic nitrogens is 1. The van der Waals surface area contributed by atoms with Crippen LogP contribution in [0.15, 0.2) is 39.8 Å². The van der Waals surface area contributed by atoms with Gasteiger partial charge >= 0.3 is 0 Å². The standard InChI is InChI=1S/C18H26N4O/c1-5-16-10-17(23-22-16)12-21-18(19-4)20-11-14(3)15-8-6-13(2)7-9-15/h6-10,14H,5,11-12H2,1-4H3,(H2,19,20,21). The third-order valence-corrected chi connectivity index (χ3v) is 3.85. The highest BCUT2D eigenvalue weighted by Crippen LogP contribution is 2.14. The number of hydrogen-bond donors (Lipinski definition) is 2. The highest BCUT2D eigenvalue weighted by atomic mass is 16.5. The Morgan fingerprint density at radius 3 is 2.61 bits per heavy atom. The van der Waals surface area contributed by atoms with Gasteiger partial charge in [0.15, 0.2) is 11.7 Å². The molecule has 0 fully saturated rings. The summed E-state index contributed by atoms with van der Waals surface area (Å²) in [6, 6.07) is 10.6. The molecule has 0 amide bonds. The third kappa shape index (κ3) is 5.13. The van der Waals surface area contributed by atoms with Gasteiger partial charge in [-0.05, 0) is 24.8 Å². The summed E-state index contributed by atoms with van der Waals surface area (Å²) in [6.07, 6.45) is 0.880. The van der Waals surface area contributed by atoms with E-state index in [1.165, 1.54) is 11.1 Å². The van der Waals surface area contributed by atoms with Crippen LogP contribution in [0.5, 0.6) is 0 Å². The first-order valence-corrected chi connectivity index (χ1v) is 8.08. The summed E-state index contributed by atoms with van der Waals surface area (Å²) in [7, 11) is 1.77. The van der Waals surface area contributed by atoms with Gasteiger partial charge < -0.3 is 15.2 Å². The Morgan fingerprint density at radius 2 is 2.00 bits per heavy atom. The number of nitrogens with one attached hydrogen (secondary N) is 2. The average Bonchev–Trinajstić information content (AvgIpc) is 3.03. The van der Waals surface area contributed by atoms with Gasteiger partial charge in [0.1, 0.15) is 0 Å². The van der Waals surface area contributed by atoms with Gasteiger partial charge in [0.05, 0.1) is 12.2 Å². The maximum Gasteiger partial charge on any atom is 0.191 e. The Kier molecular flexibility index (Phi) is 6.20. The molecule has 0 saturated carbocycles. The lowest BCUT2D eigenvalue weighted by Gasteiger charge is -2.16. The summed E-state index contributed by atoms with van der Waals surface area (Å²) in [4.78, 5) is 4.24. The van der Waals surface area contributed by atoms with E-state index in [4.69, 9.17) is 4.52 Å². The van der Waals surface area contributed by atoms with Gasteiger partial charge in [-0.2, -0.15) is 0 Å². The number of nitrogens with zero attached hydrogens (tertiary/aromatic N) is 2. The molecule has 5 nitrogen and oxygen atoms in total. The molecule has 0 radical (unpaired) electrons. The number of benzene rings is 1. The predicted molar refractivity (Wildman–Crippen MR) is 93.7 cm³/mol. The van der Waals surface area contributed by atoms with Crippen molar-refractivity contribution in [1.29, 1.82) is 0 Å². The maximum atomic E-state index is 5.26. The van der Waals surface area contributed by atoms with Gasteiger partial charge in [0.25, 0.3) is 0 Å². The molecule has 2 rings (SSSR count). The monoisotopic (exact) mass is 314 g/mol. The Hall–Kier alpha value is -2.30. The lowest BCUT2D eigenvalue weighted by Crippen LogP contribution is -2.38. The van der Waals surface area contributed by atoms with E-state index in [-0.39, 0.29) is 0 Å². The van der Waals surface area contributed by atoms with Gasteiger partial charge in [-0.3, -0.25) is 4.99 Å². The predicted octanol–water partition coefficient (Wildman–Crippen LogP) is 3.01. The van der Waals surface area contributed by atoms with Gasteiger partial charge in [0, 0.05) is 19.7 Å². The third-order valence-electron chi connectivity index (χ3n) is 3.85. The molecule has 2 aromatic rings. The molecule has 1 aromatic carbocycles. The smallest absolute Gasteiger partial charge is 0.191 e. The van der Waals surface area contributed by atoms with Crippen LogP contribution in [-0.2, 0) is 13.0 Å². The number of rotatable bonds is 6. The zero-order valence-electron chi connectivity index (χ0n) is 14.4. The van der Waals surface area contributed by atoms with Crippen LogP contribution in [0.25, 0.3) is 0 Å². The van der Waals surface area contributed by atoms with Crippen LogP contribution < -0.4 is 10.6 Å². The lowest BCUT2D eigenvalue weighted by atomic mass is 10.0. The Morgan fingerprint density at radius 1 is 1.26 bits per heavy atom. The van der Waals surface area contributed by atoms with E-state index < -0.39 is 0 Å². The Labute approximate surface area is 138 Å². The van der Waals surface area contributed by atoms with E-state index >= 15 is 0 Å². The topological polar surface area (TPSA) is 62.5 Å². The number of aliphatic imine (C=N–C) groups is 1. The first-order chi connectivity index (χ1) is 11.1. The van der Waals surface area contributed by atoms with Crippen molar-refractivity contribution < 1.29 is 4.52 Å². The van der Waals surface area contributed by atoms with Crippen molar-refractivity contribution in [3.63, 3.8) is 0 Å². The largest absolute Gasteiger partial charge is 0.359 e. The van der Waals surface area contributed by atoms with Crippen LogP contribution in [0.3, 0.4) is 0 Å². The van der Waals surface area contributed by atoms with Gasteiger partial charge in [-0.25, -0.2) is 0 Å². The lowest BCUT2D eigenvalue weighted by molar-refractivity contribution is 0.374. The zero-order chi connectivity index (χ0) is 16.7. The normalized spacial score (nSPS) is 13.0. The van der Waals surface area contributed by atoms with Crippen molar-refractivity contribution in [2.45, 2.75) is 39.7 Å². The molecule has 1 atom stereocenters. The molecule has 0 aliphatic heterocycles. The molecular formula is C18H26N4O. The molecule has 0 saturated heterocycles. The van der Waals surface area contributed by atoms with Gasteiger partial charge in [-0.15, -0.1) is 0 Å². The fourth-order valence-corrected chi connectivity index (χ4v) is 2.26. The Bertz CT molecular complexity index is 631. The summed E-state index contributed by atoms with van der Waals surface area (Å²) < 4.78 is 5.26. The van der Waals surface area contributed by atoms with Gasteiger partial charge in [0.2, 0.25) is 0 Å². The summed E-state index contributed by atoms with van der Waals surface area (Å²) in [5.74, 6) is 1.99. The van der Waals surface area contributed by atoms with E-state index in [1.54, 1.807) is 7.05 Å². The molecule has 0 spiro atoms. The van der Waals surface area contributed by atoms with Crippen molar-refractivity contribution in [2.75, 3.05) is 13.6 Å². The first kappa shape index (κ1) is 17.1. The average molecular weight is 314 g/mol. The SMILES string of the molecule is CCc1cc(CNC(=NC)NCC(C)c2ccc(C)cc2)on1. The Balaban J connectivity index is 1.81. The number of hydrogen-bond acceptors (Lipinski definition) is 3. The molecule has 124 valence electrons. The first-order valence-electron chi connectivity index (χ1n) is 8.08. The molecule has 2 N–H and O–H groups in total. The molecular weight excluding hydrogens is 288 g/mol. The molecule has 0 aliphatic rings. The minimum absolute atomic E-state index is 0.408. The highest BCUT2D eigenvalue weighted by Gasteiger charge is 2.08. The van der Waals surface area contributed by atoms with Crippen molar-refractivity contribution in [3.8, 4) is 0 Å². The van der Waals surface area contributed by atoms with Crippen LogP contribution in [0.2, 0.25) is 0 Å². The number of guanidine groups is 1. The van der Waals surface area contributed by atoms with Crippen LogP contribution in [0.4, 0.5) is 0 Å². The van der Waals surface area contributed by atoms with Crippen LogP contribution in [0, 0.1) is 6.92 Å². The van der Waals surface area contributed by atoms with Gasteiger partial charge in [-0.1, -0.05) is 48.8 Å². The van der Waals surface area contributed by atoms with Crippen LogP contribution in [-0.4, -0.2) is 24.7 Å². The highest BCUT2D eigenvalue weighted by molar-refractivity contribution is 5.79. The molecule has 5 heteroatoms. The van der Waals surface area contributed by atoms with Crippen molar-refractivity contribution in [2.24, 2.45) is 4.99 Å². The summed E-state index contributed by atoms with van der Waals surface area (Å²) in [5.41, 5.74) is 3.57. The summed E-state index contributed by atoms with van der Waals surface area (Å²) >= 11 is 0. The van der Waals surface area contributed by atoms with E-state index in [0.717, 1.165) is 30.4 Å². The second-order valence-corrected chi connectivity index (χ2v) is 5.76. The number of aryl methyl sites for hydroxylation is 2. The van der Waals surface area contributed by atoms with E-state index in [2.05, 4.69) is 65.8 Å². The second kappa shape index (κ2) is 8.36. The molecule has 1 heterocycles. The molecule has 0 bridgehead atoms. The summed E-state index contributed by atoms with van der Waals surface area (Å²) in [6.45, 7) is 7.76. The summed E-state index contributed by atoms with van der Waals surface area (Å²) in [5, 5.41) is 10.6. The maximum absolute atomic E-state index is 5.26. The fraction of sp³-hybridized carbons (Fsp3) is 0.444. The fourth-order valence-electron chi connectivity index (χ4n) is 2.26. The molecule has 1 unspecified atom stereocenters. The zero-order valence-corrected chi connectivity index (χ0v) is 14.4. The van der Waals surface area contributed by atoms with E-state index in [9.17, 15) is 0 Å². The quantitative estimate of drug-likeness (QED) is 0.635. The molecule has 0 aliphatic carbocycles. The molecule has 1 aromatic heterocycles. The second-order valence-electron chi connectivity index (χ2n) is 5.76. The van der Waals surface area contributed by atoms with Crippen LogP contribution >= 0.6 is 0 Å². The van der Waals surface area contributed by atoms with Crippen molar-refractivity contribution in [1.82, 2.24) is 15.8 Å². The van der Waals surface area contributed by atoms with E-state index in [0.29, 0.717) is 12.5 Å². The van der Waals surface area contributed by atoms with Crippen molar-refractivity contribution in [3.05, 3.63) is 52.9 Å². The van der Waals surface area contributed by atoms with Crippen LogP contribution in [0.1, 0.15) is 42.3 Å². The molecule has 23 heavy (non-hydrogen) atoms.